The van der Waals surface area contributed by atoms with E-state index in [4.69, 9.17) is 19.2 Å². The molecule has 8 heteroatoms. The van der Waals surface area contributed by atoms with E-state index in [2.05, 4.69) is 18.9 Å². The predicted molar refractivity (Wildman–Crippen MR) is 153 cm³/mol. The maximum absolute atomic E-state index is 13.6. The summed E-state index contributed by atoms with van der Waals surface area (Å²) < 4.78 is 17.6. The maximum Gasteiger partial charge on any atom is 0.346 e. The summed E-state index contributed by atoms with van der Waals surface area (Å²) in [7, 11) is 1.32. The lowest BCUT2D eigenvalue weighted by molar-refractivity contribution is -0.147. The van der Waals surface area contributed by atoms with Gasteiger partial charge in [0.25, 0.3) is 5.56 Å². The molecule has 202 valence electrons. The number of rotatable bonds is 9. The van der Waals surface area contributed by atoms with Gasteiger partial charge in [0.2, 0.25) is 0 Å². The Balaban J connectivity index is 1.80. The van der Waals surface area contributed by atoms with Crippen molar-refractivity contribution < 1.29 is 19.0 Å². The number of hydrogen-bond donors (Lipinski definition) is 0. The Morgan fingerprint density at radius 3 is 2.46 bits per heavy atom. The van der Waals surface area contributed by atoms with Crippen molar-refractivity contribution in [1.82, 2.24) is 9.66 Å². The molecule has 0 aliphatic heterocycles. The van der Waals surface area contributed by atoms with Gasteiger partial charge in [-0.25, -0.2) is 9.78 Å². The Morgan fingerprint density at radius 2 is 1.79 bits per heavy atom. The van der Waals surface area contributed by atoms with Gasteiger partial charge < -0.3 is 14.2 Å². The van der Waals surface area contributed by atoms with Gasteiger partial charge in [-0.05, 0) is 91.9 Å². The molecule has 0 N–H and O–H groups in total. The Bertz CT molecular complexity index is 1570. The highest BCUT2D eigenvalue weighted by atomic mass is 16.6. The van der Waals surface area contributed by atoms with E-state index in [0.29, 0.717) is 29.1 Å². The van der Waals surface area contributed by atoms with E-state index in [1.165, 1.54) is 11.8 Å². The number of fused-ring (bicyclic) bond motifs is 1. The molecule has 4 aromatic rings. The number of methoxy groups -OCH3 is 1. The summed E-state index contributed by atoms with van der Waals surface area (Å²) in [6.45, 7) is 10.3. The summed E-state index contributed by atoms with van der Waals surface area (Å²) in [5, 5.41) is 5.06. The molecule has 8 nitrogen and oxygen atoms in total. The average Bonchev–Trinajstić information content (AvgIpc) is 2.93. The van der Waals surface area contributed by atoms with E-state index in [1.807, 2.05) is 44.2 Å². The fraction of sp³-hybridized carbons (Fsp3) is 0.290. The lowest BCUT2D eigenvalue weighted by atomic mass is 9.96. The third kappa shape index (κ3) is 6.00. The van der Waals surface area contributed by atoms with Gasteiger partial charge in [-0.2, -0.15) is 9.78 Å². The van der Waals surface area contributed by atoms with Gasteiger partial charge in [0, 0.05) is 5.56 Å². The van der Waals surface area contributed by atoms with E-state index in [-0.39, 0.29) is 11.5 Å². The maximum atomic E-state index is 13.6. The van der Waals surface area contributed by atoms with Crippen molar-refractivity contribution in [1.29, 1.82) is 0 Å². The number of aryl methyl sites for hydroxylation is 1. The van der Waals surface area contributed by atoms with Crippen LogP contribution in [-0.4, -0.2) is 41.7 Å². The van der Waals surface area contributed by atoms with Gasteiger partial charge in [-0.1, -0.05) is 26.0 Å². The van der Waals surface area contributed by atoms with Crippen LogP contribution in [0.15, 0.2) is 70.6 Å². The Hall–Kier alpha value is -4.46. The molecule has 0 aliphatic rings. The monoisotopic (exact) mass is 527 g/mol. The van der Waals surface area contributed by atoms with Crippen molar-refractivity contribution in [3.05, 3.63) is 87.7 Å². The standard InChI is InChI=1S/C31H33N3O5/c1-7-38-28-16-20(4)26(17-25(28)19(2)3)29-33-27-11-9-8-10-24(27)30(35)34(29)32-18-22-12-14-23(15-13-22)39-21(5)31(36)37-6/h8-19,21H,7H2,1-6H3/t21-/m1/s1. The number of hydrogen-bond acceptors (Lipinski definition) is 7. The average molecular weight is 528 g/mol. The zero-order valence-corrected chi connectivity index (χ0v) is 23.1. The molecule has 1 aromatic heterocycles. The minimum Gasteiger partial charge on any atom is -0.494 e. The Morgan fingerprint density at radius 1 is 1.08 bits per heavy atom. The molecular formula is C31H33N3O5. The molecule has 0 radical (unpaired) electrons. The first-order chi connectivity index (χ1) is 18.7. The van der Waals surface area contributed by atoms with Gasteiger partial charge in [0.15, 0.2) is 11.9 Å². The summed E-state index contributed by atoms with van der Waals surface area (Å²) in [4.78, 5) is 30.1. The van der Waals surface area contributed by atoms with Crippen molar-refractivity contribution in [2.24, 2.45) is 5.10 Å². The quantitative estimate of drug-likeness (QED) is 0.204. The molecule has 4 rings (SSSR count). The van der Waals surface area contributed by atoms with Gasteiger partial charge >= 0.3 is 5.97 Å². The lowest BCUT2D eigenvalue weighted by Gasteiger charge is -2.18. The van der Waals surface area contributed by atoms with E-state index in [9.17, 15) is 9.59 Å². The van der Waals surface area contributed by atoms with Crippen molar-refractivity contribution in [3.8, 4) is 22.9 Å². The number of carbonyl (C=O) groups is 1. The lowest BCUT2D eigenvalue weighted by Crippen LogP contribution is -2.24. The van der Waals surface area contributed by atoms with Crippen LogP contribution in [0.2, 0.25) is 0 Å². The molecule has 0 bridgehead atoms. The van der Waals surface area contributed by atoms with Crippen LogP contribution in [0.5, 0.6) is 11.5 Å². The molecule has 0 saturated heterocycles. The number of nitrogens with zero attached hydrogens (tertiary/aromatic N) is 3. The number of esters is 1. The molecule has 3 aromatic carbocycles. The molecule has 39 heavy (non-hydrogen) atoms. The third-order valence-corrected chi connectivity index (χ3v) is 6.32. The van der Waals surface area contributed by atoms with Crippen LogP contribution in [0, 0.1) is 6.92 Å². The van der Waals surface area contributed by atoms with Crippen molar-refractivity contribution >= 4 is 23.1 Å². The molecule has 0 unspecified atom stereocenters. The van der Waals surface area contributed by atoms with Crippen LogP contribution in [0.25, 0.3) is 22.3 Å². The van der Waals surface area contributed by atoms with Gasteiger partial charge in [-0.3, -0.25) is 4.79 Å². The van der Waals surface area contributed by atoms with Crippen molar-refractivity contribution in [3.63, 3.8) is 0 Å². The predicted octanol–water partition coefficient (Wildman–Crippen LogP) is 5.72. The Kier molecular flexibility index (Phi) is 8.44. The minimum absolute atomic E-state index is 0.206. The number of aromatic nitrogens is 2. The highest BCUT2D eigenvalue weighted by Gasteiger charge is 2.19. The van der Waals surface area contributed by atoms with Crippen LogP contribution in [0.1, 0.15) is 50.3 Å². The summed E-state index contributed by atoms with van der Waals surface area (Å²) in [6, 6.07) is 18.3. The van der Waals surface area contributed by atoms with Crippen molar-refractivity contribution in [2.75, 3.05) is 13.7 Å². The second-order valence-corrected chi connectivity index (χ2v) is 9.46. The van der Waals surface area contributed by atoms with Crippen LogP contribution >= 0.6 is 0 Å². The normalized spacial score (nSPS) is 12.2. The van der Waals surface area contributed by atoms with E-state index >= 15 is 0 Å². The SMILES string of the molecule is CCOc1cc(C)c(-c2nc3ccccc3c(=O)n2N=Cc2ccc(O[C@H](C)C(=O)OC)cc2)cc1C(C)C. The smallest absolute Gasteiger partial charge is 0.346 e. The van der Waals surface area contributed by atoms with Crippen LogP contribution in [-0.2, 0) is 9.53 Å². The number of benzene rings is 3. The summed E-state index contributed by atoms with van der Waals surface area (Å²) in [5.41, 5.74) is 3.85. The van der Waals surface area contributed by atoms with E-state index in [0.717, 1.165) is 28.0 Å². The zero-order chi connectivity index (χ0) is 28.1. The molecule has 1 heterocycles. The second kappa shape index (κ2) is 11.9. The first-order valence-corrected chi connectivity index (χ1v) is 12.9. The van der Waals surface area contributed by atoms with Gasteiger partial charge in [0.05, 0.1) is 30.8 Å². The molecular weight excluding hydrogens is 494 g/mol. The van der Waals surface area contributed by atoms with Gasteiger partial charge in [0.1, 0.15) is 11.5 Å². The fourth-order valence-corrected chi connectivity index (χ4v) is 4.25. The van der Waals surface area contributed by atoms with Crippen LogP contribution in [0.4, 0.5) is 0 Å². The molecule has 0 amide bonds. The second-order valence-electron chi connectivity index (χ2n) is 9.46. The van der Waals surface area contributed by atoms with Crippen molar-refractivity contribution in [2.45, 2.75) is 46.6 Å². The number of para-hydroxylation sites is 1. The molecule has 0 saturated carbocycles. The van der Waals surface area contributed by atoms with E-state index < -0.39 is 12.1 Å². The summed E-state index contributed by atoms with van der Waals surface area (Å²) in [6.07, 6.45) is 0.870. The molecule has 1 atom stereocenters. The Labute approximate surface area is 227 Å². The number of ether oxygens (including phenoxy) is 3. The zero-order valence-electron chi connectivity index (χ0n) is 23.1. The summed E-state index contributed by atoms with van der Waals surface area (Å²) >= 11 is 0. The highest BCUT2D eigenvalue weighted by Crippen LogP contribution is 2.34. The third-order valence-electron chi connectivity index (χ3n) is 6.32. The molecule has 0 aliphatic carbocycles. The van der Waals surface area contributed by atoms with Crippen LogP contribution < -0.4 is 15.0 Å². The topological polar surface area (TPSA) is 92.0 Å². The van der Waals surface area contributed by atoms with Gasteiger partial charge in [-0.15, -0.1) is 0 Å². The van der Waals surface area contributed by atoms with Crippen LogP contribution in [0.3, 0.4) is 0 Å². The first kappa shape index (κ1) is 27.6. The largest absolute Gasteiger partial charge is 0.494 e. The first-order valence-electron chi connectivity index (χ1n) is 12.9. The molecule has 0 spiro atoms. The van der Waals surface area contributed by atoms with E-state index in [1.54, 1.807) is 43.5 Å². The minimum atomic E-state index is -0.729. The summed E-state index contributed by atoms with van der Waals surface area (Å²) in [5.74, 6) is 1.54. The highest BCUT2D eigenvalue weighted by molar-refractivity contribution is 5.82. The fourth-order valence-electron chi connectivity index (χ4n) is 4.25. The molecule has 0 fully saturated rings. The number of carbonyl (C=O) groups excluding carboxylic acids is 1.